The van der Waals surface area contributed by atoms with Gasteiger partial charge in [-0.25, -0.2) is 9.78 Å². The van der Waals surface area contributed by atoms with Gasteiger partial charge in [0, 0.05) is 54.3 Å². The average Bonchev–Trinajstić information content (AvgIpc) is 2.97. The number of rotatable bonds is 2. The van der Waals surface area contributed by atoms with Crippen molar-refractivity contribution in [1.29, 1.82) is 0 Å². The van der Waals surface area contributed by atoms with Gasteiger partial charge in [0.25, 0.3) is 5.56 Å². The number of fused-ring (bicyclic) bond motifs is 3. The van der Waals surface area contributed by atoms with Crippen LogP contribution in [0.4, 0.5) is 18.0 Å². The normalized spacial score (nSPS) is 14.1. The summed E-state index contributed by atoms with van der Waals surface area (Å²) in [5.41, 5.74) is 2.00. The van der Waals surface area contributed by atoms with Crippen molar-refractivity contribution in [1.82, 2.24) is 24.0 Å². The van der Waals surface area contributed by atoms with Crippen LogP contribution in [0, 0.1) is 0 Å². The van der Waals surface area contributed by atoms with Crippen molar-refractivity contribution >= 4 is 17.1 Å². The molecule has 0 saturated carbocycles. The minimum Gasteiger partial charge on any atom is -0.465 e. The summed E-state index contributed by atoms with van der Waals surface area (Å²) in [6.45, 7) is 0.742. The predicted molar refractivity (Wildman–Crippen MR) is 121 cm³/mol. The molecule has 180 valence electrons. The van der Waals surface area contributed by atoms with Gasteiger partial charge in [-0.3, -0.25) is 14.3 Å². The molecule has 35 heavy (non-hydrogen) atoms. The van der Waals surface area contributed by atoms with Crippen LogP contribution < -0.4 is 5.56 Å². The largest absolute Gasteiger partial charge is 0.465 e. The summed E-state index contributed by atoms with van der Waals surface area (Å²) < 4.78 is 41.6. The maximum atomic E-state index is 12.9. The first-order valence-corrected chi connectivity index (χ1v) is 10.9. The number of carbonyl (C=O) groups is 1. The third kappa shape index (κ3) is 4.02. The minimum absolute atomic E-state index is 0.277. The third-order valence-corrected chi connectivity index (χ3v) is 6.27. The quantitative estimate of drug-likeness (QED) is 0.461. The Morgan fingerprint density at radius 1 is 1.11 bits per heavy atom. The van der Waals surface area contributed by atoms with E-state index in [0.29, 0.717) is 35.6 Å². The van der Waals surface area contributed by atoms with Gasteiger partial charge in [-0.1, -0.05) is 6.07 Å². The van der Waals surface area contributed by atoms with Crippen LogP contribution in [-0.2, 0) is 26.2 Å². The number of carboxylic acid groups (broad SMARTS) is 1. The van der Waals surface area contributed by atoms with Crippen molar-refractivity contribution in [2.45, 2.75) is 25.6 Å². The van der Waals surface area contributed by atoms with Crippen LogP contribution in [0.2, 0.25) is 0 Å². The molecule has 1 N–H and O–H groups in total. The molecule has 0 aromatic carbocycles. The lowest BCUT2D eigenvalue weighted by atomic mass is 10.1. The molecule has 1 amide bonds. The Balaban J connectivity index is 1.51. The van der Waals surface area contributed by atoms with Crippen molar-refractivity contribution in [3.05, 3.63) is 76.1 Å². The maximum absolute atomic E-state index is 12.9. The molecule has 4 aromatic heterocycles. The van der Waals surface area contributed by atoms with E-state index in [1.165, 1.54) is 27.8 Å². The zero-order valence-electron chi connectivity index (χ0n) is 18.6. The molecule has 11 heteroatoms. The Bertz CT molecular complexity index is 1510. The van der Waals surface area contributed by atoms with Crippen LogP contribution in [0.5, 0.6) is 0 Å². The molecule has 0 saturated heterocycles. The Labute approximate surface area is 196 Å². The van der Waals surface area contributed by atoms with Gasteiger partial charge in [-0.15, -0.1) is 0 Å². The van der Waals surface area contributed by atoms with Gasteiger partial charge in [-0.05, 0) is 42.7 Å². The van der Waals surface area contributed by atoms with Crippen molar-refractivity contribution < 1.29 is 23.1 Å². The van der Waals surface area contributed by atoms with E-state index in [4.69, 9.17) is 0 Å². The molecule has 5 heterocycles. The number of alkyl halides is 3. The first-order chi connectivity index (χ1) is 16.6. The van der Waals surface area contributed by atoms with Crippen molar-refractivity contribution in [3.63, 3.8) is 0 Å². The fourth-order valence-corrected chi connectivity index (χ4v) is 4.50. The highest BCUT2D eigenvalue weighted by Crippen LogP contribution is 2.30. The molecule has 1 aliphatic rings. The highest BCUT2D eigenvalue weighted by atomic mass is 19.4. The zero-order chi connectivity index (χ0) is 24.9. The number of nitrogens with zero attached hydrogens (tertiary/aromatic N) is 5. The van der Waals surface area contributed by atoms with E-state index in [2.05, 4.69) is 9.97 Å². The number of hydrogen-bond acceptors (Lipinski definition) is 4. The summed E-state index contributed by atoms with van der Waals surface area (Å²) in [7, 11) is 1.87. The number of aromatic nitrogens is 4. The number of halogens is 3. The van der Waals surface area contributed by atoms with Crippen LogP contribution in [0.15, 0.2) is 53.6 Å². The van der Waals surface area contributed by atoms with E-state index >= 15 is 0 Å². The molecule has 8 nitrogen and oxygen atoms in total. The smallest absolute Gasteiger partial charge is 0.433 e. The maximum Gasteiger partial charge on any atom is 0.433 e. The van der Waals surface area contributed by atoms with E-state index in [0.717, 1.165) is 35.3 Å². The lowest BCUT2D eigenvalue weighted by molar-refractivity contribution is -0.141. The second-order valence-corrected chi connectivity index (χ2v) is 8.39. The topological polar surface area (TPSA) is 93.3 Å². The number of pyridine rings is 3. The van der Waals surface area contributed by atoms with E-state index < -0.39 is 23.5 Å². The summed E-state index contributed by atoms with van der Waals surface area (Å²) in [6, 6.07) is 8.61. The molecular formula is C24H20F3N5O3. The Hall–Kier alpha value is -4.15. The summed E-state index contributed by atoms with van der Waals surface area (Å²) in [4.78, 5) is 33.9. The Morgan fingerprint density at radius 3 is 2.57 bits per heavy atom. The molecule has 4 aromatic rings. The molecule has 0 radical (unpaired) electrons. The zero-order valence-corrected chi connectivity index (χ0v) is 18.6. The lowest BCUT2D eigenvalue weighted by Crippen LogP contribution is -2.28. The average molecular weight is 483 g/mol. The minimum atomic E-state index is -4.53. The van der Waals surface area contributed by atoms with Crippen LogP contribution in [0.1, 0.15) is 23.4 Å². The summed E-state index contributed by atoms with van der Waals surface area (Å²) in [5, 5.41) is 10.3. The molecule has 1 aliphatic heterocycles. The first kappa shape index (κ1) is 22.6. The number of amides is 1. The second-order valence-electron chi connectivity index (χ2n) is 8.39. The van der Waals surface area contributed by atoms with Crippen LogP contribution in [0.25, 0.3) is 28.0 Å². The fourth-order valence-electron chi connectivity index (χ4n) is 4.50. The summed E-state index contributed by atoms with van der Waals surface area (Å²) >= 11 is 0. The van der Waals surface area contributed by atoms with Crippen LogP contribution in [-0.4, -0.2) is 41.7 Å². The monoisotopic (exact) mass is 483 g/mol. The summed E-state index contributed by atoms with van der Waals surface area (Å²) in [6.07, 6.45) is -1.47. The highest BCUT2D eigenvalue weighted by molar-refractivity contribution is 5.84. The summed E-state index contributed by atoms with van der Waals surface area (Å²) in [5.74, 6) is 0.380. The first-order valence-electron chi connectivity index (χ1n) is 10.9. The third-order valence-electron chi connectivity index (χ3n) is 6.27. The molecule has 0 fully saturated rings. The van der Waals surface area contributed by atoms with Crippen molar-refractivity contribution in [3.8, 4) is 16.9 Å². The standard InChI is InChI=1S/C24H20F3N5O3/c1-30-18-3-2-9-31(23(34)35)13-17(18)16-5-7-20(29-22(16)30)32-10-8-14(11-21(32)33)15-4-6-19(28-12-15)24(25,26)27/h4-8,10-12H,2-3,9,13H2,1H3,(H,34,35). The van der Waals surface area contributed by atoms with Gasteiger partial charge in [0.2, 0.25) is 0 Å². The highest BCUT2D eigenvalue weighted by Gasteiger charge is 2.32. The second kappa shape index (κ2) is 8.26. The molecule has 0 atom stereocenters. The molecular weight excluding hydrogens is 463 g/mol. The lowest BCUT2D eigenvalue weighted by Gasteiger charge is -2.16. The van der Waals surface area contributed by atoms with Gasteiger partial charge in [0.1, 0.15) is 17.2 Å². The molecule has 0 unspecified atom stereocenters. The molecule has 0 spiro atoms. The molecule has 0 aliphatic carbocycles. The van der Waals surface area contributed by atoms with Crippen LogP contribution >= 0.6 is 0 Å². The van der Waals surface area contributed by atoms with E-state index in [1.54, 1.807) is 12.1 Å². The predicted octanol–water partition coefficient (Wildman–Crippen LogP) is 4.23. The van der Waals surface area contributed by atoms with Gasteiger partial charge in [0.15, 0.2) is 0 Å². The number of hydrogen-bond donors (Lipinski definition) is 1. The van der Waals surface area contributed by atoms with E-state index in [-0.39, 0.29) is 6.54 Å². The van der Waals surface area contributed by atoms with E-state index in [1.807, 2.05) is 17.7 Å². The Kier molecular flexibility index (Phi) is 5.34. The van der Waals surface area contributed by atoms with Gasteiger partial charge < -0.3 is 14.6 Å². The Morgan fingerprint density at radius 2 is 1.91 bits per heavy atom. The van der Waals surface area contributed by atoms with Gasteiger partial charge in [-0.2, -0.15) is 13.2 Å². The van der Waals surface area contributed by atoms with Gasteiger partial charge in [0.05, 0.1) is 6.54 Å². The van der Waals surface area contributed by atoms with Crippen molar-refractivity contribution in [2.75, 3.05) is 6.54 Å². The fraction of sp³-hybridized carbons (Fsp3) is 0.250. The van der Waals surface area contributed by atoms with E-state index in [9.17, 15) is 27.9 Å². The van der Waals surface area contributed by atoms with Gasteiger partial charge >= 0.3 is 12.3 Å². The SMILES string of the molecule is Cn1c2c(c3ccc(-n4ccc(-c5ccc(C(F)(F)F)nc5)cc4=O)nc31)CN(C(=O)O)CCC2. The van der Waals surface area contributed by atoms with Crippen LogP contribution in [0.3, 0.4) is 0 Å². The molecule has 0 bridgehead atoms. The van der Waals surface area contributed by atoms with Crippen molar-refractivity contribution in [2.24, 2.45) is 7.05 Å². The molecule has 5 rings (SSSR count). The number of aryl methyl sites for hydroxylation is 1.